The Hall–Kier alpha value is -1.67. The largest absolute Gasteiger partial charge is 0.392 e. The number of rotatable bonds is 6. The third-order valence-corrected chi connectivity index (χ3v) is 4.21. The molecule has 0 aromatic heterocycles. The smallest absolute Gasteiger partial charge is 0.123 e. The molecule has 0 saturated carbocycles. The van der Waals surface area contributed by atoms with E-state index in [9.17, 15) is 9.50 Å². The summed E-state index contributed by atoms with van der Waals surface area (Å²) in [5.41, 5.74) is 2.13. The molecule has 0 amide bonds. The van der Waals surface area contributed by atoms with E-state index >= 15 is 0 Å². The van der Waals surface area contributed by atoms with Crippen LogP contribution < -0.4 is 0 Å². The number of benzene rings is 2. The minimum Gasteiger partial charge on any atom is -0.392 e. The van der Waals surface area contributed by atoms with Crippen LogP contribution in [0.4, 0.5) is 4.39 Å². The lowest BCUT2D eigenvalue weighted by molar-refractivity contribution is 0.117. The molecule has 0 aliphatic heterocycles. The average Bonchev–Trinajstić information content (AvgIpc) is 2.50. The van der Waals surface area contributed by atoms with Crippen LogP contribution in [0.3, 0.4) is 0 Å². The van der Waals surface area contributed by atoms with Gasteiger partial charge in [-0.1, -0.05) is 62.7 Å². The maximum atomic E-state index is 13.0. The topological polar surface area (TPSA) is 20.2 Å². The molecule has 0 fully saturated rings. The molecule has 2 aromatic carbocycles. The number of aliphatic hydroxyl groups excluding tert-OH is 1. The van der Waals surface area contributed by atoms with Gasteiger partial charge in [0.25, 0.3) is 0 Å². The van der Waals surface area contributed by atoms with Crippen LogP contribution in [0, 0.1) is 11.7 Å². The summed E-state index contributed by atoms with van der Waals surface area (Å²) >= 11 is 0. The molecule has 21 heavy (non-hydrogen) atoms. The van der Waals surface area contributed by atoms with E-state index in [1.807, 2.05) is 18.2 Å². The fourth-order valence-electron chi connectivity index (χ4n) is 2.85. The normalized spacial score (nSPS) is 15.4. The van der Waals surface area contributed by atoms with E-state index in [-0.39, 0.29) is 11.7 Å². The Morgan fingerprint density at radius 3 is 2.19 bits per heavy atom. The van der Waals surface area contributed by atoms with Crippen LogP contribution in [-0.2, 0) is 6.42 Å². The Kier molecular flexibility index (Phi) is 5.51. The van der Waals surface area contributed by atoms with Gasteiger partial charge < -0.3 is 5.11 Å². The van der Waals surface area contributed by atoms with Gasteiger partial charge in [-0.05, 0) is 35.6 Å². The molecule has 0 bridgehead atoms. The van der Waals surface area contributed by atoms with Crippen molar-refractivity contribution in [1.29, 1.82) is 0 Å². The molecule has 2 rings (SSSR count). The second-order valence-corrected chi connectivity index (χ2v) is 5.72. The van der Waals surface area contributed by atoms with Gasteiger partial charge in [-0.15, -0.1) is 0 Å². The second-order valence-electron chi connectivity index (χ2n) is 5.72. The van der Waals surface area contributed by atoms with Gasteiger partial charge in [-0.3, -0.25) is 0 Å². The van der Waals surface area contributed by atoms with Crippen molar-refractivity contribution in [3.05, 3.63) is 71.5 Å². The highest BCUT2D eigenvalue weighted by Crippen LogP contribution is 2.31. The molecule has 0 heterocycles. The van der Waals surface area contributed by atoms with Gasteiger partial charge >= 0.3 is 0 Å². The number of hydrogen-bond acceptors (Lipinski definition) is 1. The van der Waals surface area contributed by atoms with Crippen molar-refractivity contribution >= 4 is 0 Å². The Morgan fingerprint density at radius 2 is 1.62 bits per heavy atom. The lowest BCUT2D eigenvalue weighted by Gasteiger charge is -2.28. The van der Waals surface area contributed by atoms with Crippen molar-refractivity contribution < 1.29 is 9.50 Å². The Bertz CT molecular complexity index is 535. The molecule has 0 aliphatic rings. The van der Waals surface area contributed by atoms with Gasteiger partial charge in [0.15, 0.2) is 0 Å². The maximum Gasteiger partial charge on any atom is 0.123 e. The zero-order valence-corrected chi connectivity index (χ0v) is 12.7. The Morgan fingerprint density at radius 1 is 1.00 bits per heavy atom. The van der Waals surface area contributed by atoms with Gasteiger partial charge in [-0.2, -0.15) is 0 Å². The van der Waals surface area contributed by atoms with E-state index in [0.29, 0.717) is 12.3 Å². The summed E-state index contributed by atoms with van der Waals surface area (Å²) < 4.78 is 13.0. The van der Waals surface area contributed by atoms with Gasteiger partial charge in [0, 0.05) is 5.92 Å². The standard InChI is InChI=1S/C19H23FO/c1-3-14(2)19(16-7-5-4-6-8-16)18(21)13-15-9-11-17(20)12-10-15/h4-12,14,18-19,21H,3,13H2,1-2H3. The van der Waals surface area contributed by atoms with E-state index in [1.54, 1.807) is 12.1 Å². The van der Waals surface area contributed by atoms with Gasteiger partial charge in [-0.25, -0.2) is 4.39 Å². The molecule has 0 saturated heterocycles. The summed E-state index contributed by atoms with van der Waals surface area (Å²) in [6, 6.07) is 16.5. The fourth-order valence-corrected chi connectivity index (χ4v) is 2.85. The van der Waals surface area contributed by atoms with E-state index < -0.39 is 6.10 Å². The van der Waals surface area contributed by atoms with Crippen LogP contribution in [0.25, 0.3) is 0 Å². The maximum absolute atomic E-state index is 13.0. The molecule has 3 unspecified atom stereocenters. The number of aliphatic hydroxyl groups is 1. The van der Waals surface area contributed by atoms with Crippen molar-refractivity contribution in [1.82, 2.24) is 0 Å². The van der Waals surface area contributed by atoms with Crippen LogP contribution in [-0.4, -0.2) is 11.2 Å². The van der Waals surface area contributed by atoms with Crippen molar-refractivity contribution in [2.45, 2.75) is 38.7 Å². The van der Waals surface area contributed by atoms with Crippen LogP contribution in [0.1, 0.15) is 37.3 Å². The second kappa shape index (κ2) is 7.37. The van der Waals surface area contributed by atoms with E-state index in [0.717, 1.165) is 12.0 Å². The first kappa shape index (κ1) is 15.7. The van der Waals surface area contributed by atoms with Crippen LogP contribution in [0.15, 0.2) is 54.6 Å². The molecule has 0 spiro atoms. The van der Waals surface area contributed by atoms with E-state index in [1.165, 1.54) is 17.7 Å². The minimum atomic E-state index is -0.465. The molecule has 1 nitrogen and oxygen atoms in total. The van der Waals surface area contributed by atoms with E-state index in [4.69, 9.17) is 0 Å². The lowest BCUT2D eigenvalue weighted by atomic mass is 9.79. The molecule has 112 valence electrons. The van der Waals surface area contributed by atoms with Crippen molar-refractivity contribution in [2.75, 3.05) is 0 Å². The highest BCUT2D eigenvalue weighted by molar-refractivity contribution is 5.24. The predicted molar refractivity (Wildman–Crippen MR) is 84.7 cm³/mol. The summed E-state index contributed by atoms with van der Waals surface area (Å²) in [5.74, 6) is 0.249. The molecule has 0 aliphatic carbocycles. The average molecular weight is 286 g/mol. The molecular formula is C19H23FO. The molecule has 2 aromatic rings. The van der Waals surface area contributed by atoms with Crippen LogP contribution in [0.5, 0.6) is 0 Å². The predicted octanol–water partition coefficient (Wildman–Crippen LogP) is 4.56. The van der Waals surface area contributed by atoms with Crippen molar-refractivity contribution in [3.8, 4) is 0 Å². The molecule has 1 N–H and O–H groups in total. The lowest BCUT2D eigenvalue weighted by Crippen LogP contribution is -2.26. The van der Waals surface area contributed by atoms with Crippen LogP contribution >= 0.6 is 0 Å². The fraction of sp³-hybridized carbons (Fsp3) is 0.368. The summed E-state index contributed by atoms with van der Waals surface area (Å²) in [6.45, 7) is 4.32. The SMILES string of the molecule is CCC(C)C(c1ccccc1)C(O)Cc1ccc(F)cc1. The summed E-state index contributed by atoms with van der Waals surface area (Å²) in [5, 5.41) is 10.7. The number of halogens is 1. The van der Waals surface area contributed by atoms with Gasteiger partial charge in [0.05, 0.1) is 6.10 Å². The number of hydrogen-bond donors (Lipinski definition) is 1. The highest BCUT2D eigenvalue weighted by Gasteiger charge is 2.26. The van der Waals surface area contributed by atoms with Crippen molar-refractivity contribution in [2.24, 2.45) is 5.92 Å². The minimum absolute atomic E-state index is 0.0984. The zero-order chi connectivity index (χ0) is 15.2. The first-order valence-corrected chi connectivity index (χ1v) is 7.59. The zero-order valence-electron chi connectivity index (χ0n) is 12.7. The molecule has 0 radical (unpaired) electrons. The first-order valence-electron chi connectivity index (χ1n) is 7.59. The summed E-state index contributed by atoms with van der Waals surface area (Å²) in [6.07, 6.45) is 1.09. The van der Waals surface area contributed by atoms with Crippen LogP contribution in [0.2, 0.25) is 0 Å². The third kappa shape index (κ3) is 4.15. The molecule has 3 atom stereocenters. The monoisotopic (exact) mass is 286 g/mol. The van der Waals surface area contributed by atoms with Gasteiger partial charge in [0.2, 0.25) is 0 Å². The third-order valence-electron chi connectivity index (χ3n) is 4.21. The summed E-state index contributed by atoms with van der Waals surface area (Å²) in [4.78, 5) is 0. The van der Waals surface area contributed by atoms with Crippen molar-refractivity contribution in [3.63, 3.8) is 0 Å². The first-order chi connectivity index (χ1) is 10.1. The molecular weight excluding hydrogens is 263 g/mol. The van der Waals surface area contributed by atoms with Gasteiger partial charge in [0.1, 0.15) is 5.82 Å². The Balaban J connectivity index is 2.18. The quantitative estimate of drug-likeness (QED) is 0.825. The molecule has 2 heteroatoms. The highest BCUT2D eigenvalue weighted by atomic mass is 19.1. The van der Waals surface area contributed by atoms with E-state index in [2.05, 4.69) is 26.0 Å². The Labute approximate surface area is 126 Å². The summed E-state index contributed by atoms with van der Waals surface area (Å²) in [7, 11) is 0.